The van der Waals surface area contributed by atoms with Gasteiger partial charge >= 0.3 is 0 Å². The second-order valence-electron chi connectivity index (χ2n) is 5.94. The van der Waals surface area contributed by atoms with E-state index in [1.54, 1.807) is 31.4 Å². The van der Waals surface area contributed by atoms with Crippen molar-refractivity contribution in [2.75, 3.05) is 19.0 Å². The van der Waals surface area contributed by atoms with E-state index in [9.17, 15) is 4.79 Å². The molecule has 3 rings (SSSR count). The van der Waals surface area contributed by atoms with Crippen molar-refractivity contribution >= 4 is 22.9 Å². The van der Waals surface area contributed by atoms with E-state index in [1.165, 1.54) is 0 Å². The number of unbranched alkanes of at least 4 members (excludes halogenated alkanes) is 1. The maximum absolute atomic E-state index is 12.3. The van der Waals surface area contributed by atoms with Crippen molar-refractivity contribution in [1.82, 2.24) is 9.55 Å². The van der Waals surface area contributed by atoms with Gasteiger partial charge < -0.3 is 14.0 Å². The number of carbonyl (C=O) groups excluding carboxylic acids is 1. The molecule has 2 aromatic carbocycles. The van der Waals surface area contributed by atoms with Crippen LogP contribution in [0.15, 0.2) is 48.5 Å². The van der Waals surface area contributed by atoms with Crippen molar-refractivity contribution in [3.63, 3.8) is 0 Å². The number of hydrogen-bond acceptors (Lipinski definition) is 4. The normalized spacial score (nSPS) is 10.7. The molecule has 1 amide bonds. The van der Waals surface area contributed by atoms with Crippen LogP contribution in [0.2, 0.25) is 0 Å². The number of ether oxygens (including phenoxy) is 2. The third-order valence-corrected chi connectivity index (χ3v) is 4.07. The Balaban J connectivity index is 1.67. The molecular weight excluding hydrogens is 330 g/mol. The number of methoxy groups -OCH3 is 1. The Kier molecular flexibility index (Phi) is 5.73. The number of hydrogen-bond donors (Lipinski definition) is 1. The Morgan fingerprint density at radius 1 is 1.12 bits per heavy atom. The van der Waals surface area contributed by atoms with Gasteiger partial charge in [-0.3, -0.25) is 10.1 Å². The molecule has 6 nitrogen and oxygen atoms in total. The molecule has 0 spiro atoms. The largest absolute Gasteiger partial charge is 0.497 e. The summed E-state index contributed by atoms with van der Waals surface area (Å²) < 4.78 is 12.7. The molecule has 26 heavy (non-hydrogen) atoms. The standard InChI is InChI=1S/C20H23N3O3/c1-3-4-13-23-18-8-6-5-7-17(18)21-20(23)22-19(24)14-26-16-11-9-15(25-2)10-12-16/h5-12H,3-4,13-14H2,1-2H3,(H,21,22,24). The van der Waals surface area contributed by atoms with E-state index >= 15 is 0 Å². The summed E-state index contributed by atoms with van der Waals surface area (Å²) in [7, 11) is 1.61. The highest BCUT2D eigenvalue weighted by Crippen LogP contribution is 2.21. The molecule has 136 valence electrons. The van der Waals surface area contributed by atoms with Gasteiger partial charge in [0.25, 0.3) is 5.91 Å². The summed E-state index contributed by atoms with van der Waals surface area (Å²) in [4.78, 5) is 16.8. The summed E-state index contributed by atoms with van der Waals surface area (Å²) in [6.07, 6.45) is 2.09. The second-order valence-corrected chi connectivity index (χ2v) is 5.94. The van der Waals surface area contributed by atoms with Gasteiger partial charge in [-0.05, 0) is 42.8 Å². The second kappa shape index (κ2) is 8.38. The summed E-state index contributed by atoms with van der Waals surface area (Å²) in [6, 6.07) is 15.0. The fraction of sp³-hybridized carbons (Fsp3) is 0.300. The lowest BCUT2D eigenvalue weighted by Crippen LogP contribution is -2.22. The first-order chi connectivity index (χ1) is 12.7. The summed E-state index contributed by atoms with van der Waals surface area (Å²) in [5, 5.41) is 2.86. The first-order valence-corrected chi connectivity index (χ1v) is 8.73. The van der Waals surface area contributed by atoms with Crippen LogP contribution in [-0.2, 0) is 11.3 Å². The van der Waals surface area contributed by atoms with Gasteiger partial charge in [-0.15, -0.1) is 0 Å². The molecule has 1 aromatic heterocycles. The van der Waals surface area contributed by atoms with Crippen LogP contribution in [0.3, 0.4) is 0 Å². The van der Waals surface area contributed by atoms with Crippen LogP contribution in [0.1, 0.15) is 19.8 Å². The van der Waals surface area contributed by atoms with Crippen molar-refractivity contribution in [3.8, 4) is 11.5 Å². The smallest absolute Gasteiger partial charge is 0.264 e. The number of aryl methyl sites for hydroxylation is 1. The number of fused-ring (bicyclic) bond motifs is 1. The molecule has 0 aliphatic carbocycles. The molecule has 0 fully saturated rings. The van der Waals surface area contributed by atoms with Gasteiger partial charge in [0, 0.05) is 6.54 Å². The lowest BCUT2D eigenvalue weighted by Gasteiger charge is -2.10. The molecule has 0 saturated heterocycles. The van der Waals surface area contributed by atoms with Crippen molar-refractivity contribution in [2.24, 2.45) is 0 Å². The Morgan fingerprint density at radius 3 is 2.58 bits per heavy atom. The summed E-state index contributed by atoms with van der Waals surface area (Å²) in [5.41, 5.74) is 1.89. The van der Waals surface area contributed by atoms with E-state index in [4.69, 9.17) is 9.47 Å². The number of carbonyl (C=O) groups is 1. The zero-order valence-corrected chi connectivity index (χ0v) is 15.1. The lowest BCUT2D eigenvalue weighted by molar-refractivity contribution is -0.118. The summed E-state index contributed by atoms with van der Waals surface area (Å²) >= 11 is 0. The molecule has 0 atom stereocenters. The molecule has 0 radical (unpaired) electrons. The van der Waals surface area contributed by atoms with Crippen molar-refractivity contribution in [1.29, 1.82) is 0 Å². The number of benzene rings is 2. The Morgan fingerprint density at radius 2 is 1.85 bits per heavy atom. The Bertz CT molecular complexity index is 872. The average Bonchev–Trinajstić information content (AvgIpc) is 3.02. The first-order valence-electron chi connectivity index (χ1n) is 8.73. The summed E-state index contributed by atoms with van der Waals surface area (Å²) in [6.45, 7) is 2.87. The number of para-hydroxylation sites is 2. The number of imidazole rings is 1. The van der Waals surface area contributed by atoms with E-state index in [1.807, 2.05) is 28.8 Å². The number of amides is 1. The SMILES string of the molecule is CCCCn1c(NC(=O)COc2ccc(OC)cc2)nc2ccccc21. The molecule has 6 heteroatoms. The predicted octanol–water partition coefficient (Wildman–Crippen LogP) is 3.86. The number of aromatic nitrogens is 2. The van der Waals surface area contributed by atoms with Crippen LogP contribution in [0, 0.1) is 0 Å². The van der Waals surface area contributed by atoms with E-state index in [0.717, 1.165) is 36.2 Å². The van der Waals surface area contributed by atoms with Crippen LogP contribution >= 0.6 is 0 Å². The number of nitrogens with one attached hydrogen (secondary N) is 1. The predicted molar refractivity (Wildman–Crippen MR) is 102 cm³/mol. The number of anilines is 1. The molecule has 0 bridgehead atoms. The van der Waals surface area contributed by atoms with E-state index in [2.05, 4.69) is 17.2 Å². The van der Waals surface area contributed by atoms with Crippen molar-refractivity contribution in [3.05, 3.63) is 48.5 Å². The fourth-order valence-electron chi connectivity index (χ4n) is 2.70. The van der Waals surface area contributed by atoms with E-state index in [-0.39, 0.29) is 12.5 Å². The Labute approximate surface area is 152 Å². The highest BCUT2D eigenvalue weighted by Gasteiger charge is 2.13. The van der Waals surface area contributed by atoms with Crippen LogP contribution in [0.25, 0.3) is 11.0 Å². The molecule has 0 unspecified atom stereocenters. The van der Waals surface area contributed by atoms with Gasteiger partial charge in [-0.1, -0.05) is 25.5 Å². The summed E-state index contributed by atoms with van der Waals surface area (Å²) in [5.74, 6) is 1.67. The van der Waals surface area contributed by atoms with E-state index < -0.39 is 0 Å². The van der Waals surface area contributed by atoms with Gasteiger partial charge in [0.1, 0.15) is 11.5 Å². The topological polar surface area (TPSA) is 65.4 Å². The van der Waals surface area contributed by atoms with Crippen LogP contribution in [0.4, 0.5) is 5.95 Å². The van der Waals surface area contributed by atoms with Crippen molar-refractivity contribution in [2.45, 2.75) is 26.3 Å². The minimum atomic E-state index is -0.242. The minimum Gasteiger partial charge on any atom is -0.497 e. The van der Waals surface area contributed by atoms with Gasteiger partial charge in [0.15, 0.2) is 6.61 Å². The van der Waals surface area contributed by atoms with Gasteiger partial charge in [-0.2, -0.15) is 0 Å². The quantitative estimate of drug-likeness (QED) is 0.668. The van der Waals surface area contributed by atoms with Crippen molar-refractivity contribution < 1.29 is 14.3 Å². The molecule has 0 aliphatic heterocycles. The third kappa shape index (κ3) is 4.14. The molecular formula is C20H23N3O3. The first kappa shape index (κ1) is 17.8. The third-order valence-electron chi connectivity index (χ3n) is 4.07. The monoisotopic (exact) mass is 353 g/mol. The molecule has 0 aliphatic rings. The van der Waals surface area contributed by atoms with Crippen LogP contribution in [0.5, 0.6) is 11.5 Å². The molecule has 1 N–H and O–H groups in total. The fourth-order valence-corrected chi connectivity index (χ4v) is 2.70. The highest BCUT2D eigenvalue weighted by molar-refractivity contribution is 5.92. The molecule has 3 aromatic rings. The zero-order valence-electron chi connectivity index (χ0n) is 15.1. The maximum atomic E-state index is 12.3. The highest BCUT2D eigenvalue weighted by atomic mass is 16.5. The van der Waals surface area contributed by atoms with Crippen LogP contribution in [-0.4, -0.2) is 29.2 Å². The van der Waals surface area contributed by atoms with Gasteiger partial charge in [-0.25, -0.2) is 4.98 Å². The Hall–Kier alpha value is -3.02. The minimum absolute atomic E-state index is 0.0800. The average molecular weight is 353 g/mol. The van der Waals surface area contributed by atoms with Gasteiger partial charge in [0.2, 0.25) is 5.95 Å². The van der Waals surface area contributed by atoms with Gasteiger partial charge in [0.05, 0.1) is 18.1 Å². The maximum Gasteiger partial charge on any atom is 0.264 e. The molecule has 1 heterocycles. The van der Waals surface area contributed by atoms with E-state index in [0.29, 0.717) is 11.7 Å². The molecule has 0 saturated carbocycles. The lowest BCUT2D eigenvalue weighted by atomic mass is 10.3. The van der Waals surface area contributed by atoms with Crippen LogP contribution < -0.4 is 14.8 Å². The zero-order chi connectivity index (χ0) is 18.4. The number of rotatable bonds is 8. The number of nitrogens with zero attached hydrogens (tertiary/aromatic N) is 2.